The van der Waals surface area contributed by atoms with Crippen LogP contribution in [0.2, 0.25) is 0 Å². The summed E-state index contributed by atoms with van der Waals surface area (Å²) in [5, 5.41) is 3.83. The molecule has 0 saturated heterocycles. The highest BCUT2D eigenvalue weighted by Crippen LogP contribution is 2.58. The van der Waals surface area contributed by atoms with E-state index in [0.29, 0.717) is 27.5 Å². The van der Waals surface area contributed by atoms with Crippen LogP contribution in [0.5, 0.6) is 0 Å². The van der Waals surface area contributed by atoms with Crippen molar-refractivity contribution >= 4 is 76.7 Å². The fourth-order valence-electron chi connectivity index (χ4n) is 6.53. The highest BCUT2D eigenvalue weighted by atomic mass is 79.9. The standard InChI is InChI=1S/C31H20BrN5O5S/c1-14-12-15(32)13-20-23(14)34-29(43-20)37-24-16-8-4-7-11-19(16)42-27(39)21(24)31(17-9-5-6-10-18(17)33-28(31)40)22-25(37)35(2)30(41)36(3)26(22)38/h4-13H,1-3H3,(H,33,40). The Bertz CT molecular complexity index is 2440. The first-order valence-corrected chi connectivity index (χ1v) is 14.9. The molecular formula is C31H20BrN5O5S. The Labute approximate surface area is 254 Å². The van der Waals surface area contributed by atoms with Crippen molar-refractivity contribution in [3.63, 3.8) is 0 Å². The number of hydrogen-bond donors (Lipinski definition) is 1. The molecule has 1 spiro atoms. The first-order valence-electron chi connectivity index (χ1n) is 13.3. The number of amides is 1. The molecule has 10 nitrogen and oxygen atoms in total. The number of halogens is 1. The number of para-hydroxylation sites is 2. The SMILES string of the molecule is Cc1cc(Br)cc2sc(N3c4c(c(=O)oc5ccccc45)C4(C(=O)Nc5ccccc54)c4c3n(C)c(=O)n(C)c4=O)nc12. The molecule has 8 rings (SSSR count). The van der Waals surface area contributed by atoms with Crippen LogP contribution >= 0.6 is 27.3 Å². The third kappa shape index (κ3) is 3.14. The Balaban J connectivity index is 1.66. The number of anilines is 4. The van der Waals surface area contributed by atoms with Gasteiger partial charge in [0.15, 0.2) is 5.13 Å². The normalized spacial score (nSPS) is 16.9. The maximum Gasteiger partial charge on any atom is 0.343 e. The Morgan fingerprint density at radius 3 is 2.51 bits per heavy atom. The molecule has 0 fully saturated rings. The largest absolute Gasteiger partial charge is 0.422 e. The lowest BCUT2D eigenvalue weighted by molar-refractivity contribution is -0.118. The van der Waals surface area contributed by atoms with Crippen LogP contribution in [0.1, 0.15) is 22.3 Å². The topological polar surface area (TPSA) is 119 Å². The van der Waals surface area contributed by atoms with Crippen LogP contribution in [0.25, 0.3) is 21.2 Å². The van der Waals surface area contributed by atoms with E-state index in [2.05, 4.69) is 21.2 Å². The lowest BCUT2D eigenvalue weighted by Crippen LogP contribution is -2.53. The van der Waals surface area contributed by atoms with Crippen LogP contribution in [0, 0.1) is 6.92 Å². The molecule has 2 aliphatic heterocycles. The highest BCUT2D eigenvalue weighted by molar-refractivity contribution is 9.10. The quantitative estimate of drug-likeness (QED) is 0.250. The molecule has 0 aliphatic carbocycles. The lowest BCUT2D eigenvalue weighted by Gasteiger charge is -2.40. The van der Waals surface area contributed by atoms with Crippen LogP contribution < -0.4 is 27.1 Å². The summed E-state index contributed by atoms with van der Waals surface area (Å²) in [6, 6.07) is 17.8. The van der Waals surface area contributed by atoms with Crippen LogP contribution in [0.3, 0.4) is 0 Å². The van der Waals surface area contributed by atoms with Crippen molar-refractivity contribution in [1.29, 1.82) is 0 Å². The first kappa shape index (κ1) is 25.9. The number of hydrogen-bond acceptors (Lipinski definition) is 8. The molecule has 1 N–H and O–H groups in total. The average Bonchev–Trinajstić information content (AvgIpc) is 3.53. The summed E-state index contributed by atoms with van der Waals surface area (Å²) in [6.07, 6.45) is 0. The van der Waals surface area contributed by atoms with Crippen LogP contribution in [0.15, 0.2) is 83.9 Å². The van der Waals surface area contributed by atoms with Gasteiger partial charge in [0, 0.05) is 35.2 Å². The summed E-state index contributed by atoms with van der Waals surface area (Å²) in [4.78, 5) is 63.2. The lowest BCUT2D eigenvalue weighted by atomic mass is 9.68. The van der Waals surface area contributed by atoms with Gasteiger partial charge in [-0.3, -0.25) is 23.6 Å². The molecule has 1 atom stereocenters. The molecule has 6 aromatic rings. The summed E-state index contributed by atoms with van der Waals surface area (Å²) in [6.45, 7) is 1.94. The van der Waals surface area contributed by atoms with Gasteiger partial charge in [-0.1, -0.05) is 57.6 Å². The summed E-state index contributed by atoms with van der Waals surface area (Å²) in [5.74, 6) is -0.433. The molecule has 12 heteroatoms. The number of aryl methyl sites for hydroxylation is 1. The van der Waals surface area contributed by atoms with E-state index in [0.717, 1.165) is 24.8 Å². The van der Waals surface area contributed by atoms with Gasteiger partial charge in [-0.2, -0.15) is 0 Å². The van der Waals surface area contributed by atoms with Crippen molar-refractivity contribution < 1.29 is 9.21 Å². The molecule has 43 heavy (non-hydrogen) atoms. The summed E-state index contributed by atoms with van der Waals surface area (Å²) in [7, 11) is 2.91. The van der Waals surface area contributed by atoms with Crippen molar-refractivity contribution in [3.05, 3.63) is 119 Å². The Kier molecular flexibility index (Phi) is 5.18. The average molecular weight is 655 g/mol. The molecule has 212 valence electrons. The zero-order valence-electron chi connectivity index (χ0n) is 22.9. The smallest absolute Gasteiger partial charge is 0.343 e. The van der Waals surface area contributed by atoms with E-state index in [9.17, 15) is 19.2 Å². The van der Waals surface area contributed by atoms with Crippen molar-refractivity contribution in [2.75, 3.05) is 10.2 Å². The van der Waals surface area contributed by atoms with Gasteiger partial charge in [-0.05, 0) is 42.8 Å². The van der Waals surface area contributed by atoms with Gasteiger partial charge in [0.1, 0.15) is 16.8 Å². The van der Waals surface area contributed by atoms with Gasteiger partial charge in [0.05, 0.1) is 27.0 Å². The van der Waals surface area contributed by atoms with Crippen molar-refractivity contribution in [2.24, 2.45) is 14.1 Å². The van der Waals surface area contributed by atoms with Gasteiger partial charge in [0.2, 0.25) is 5.91 Å². The number of benzene rings is 3. The van der Waals surface area contributed by atoms with Crippen LogP contribution in [-0.4, -0.2) is 20.0 Å². The predicted molar refractivity (Wildman–Crippen MR) is 168 cm³/mol. The number of aromatic nitrogens is 3. The minimum Gasteiger partial charge on any atom is -0.422 e. The Hall–Kier alpha value is -4.81. The number of carbonyl (C=O) groups excluding carboxylic acids is 1. The second-order valence-corrected chi connectivity index (χ2v) is 12.6. The van der Waals surface area contributed by atoms with E-state index < -0.39 is 28.2 Å². The predicted octanol–water partition coefficient (Wildman–Crippen LogP) is 4.94. The Morgan fingerprint density at radius 2 is 1.70 bits per heavy atom. The molecule has 1 unspecified atom stereocenters. The molecule has 2 aliphatic rings. The van der Waals surface area contributed by atoms with E-state index >= 15 is 0 Å². The molecule has 1 amide bonds. The molecule has 0 saturated carbocycles. The minimum absolute atomic E-state index is 0.0194. The molecule has 3 aromatic carbocycles. The molecule has 3 aromatic heterocycles. The number of nitrogens with zero attached hydrogens (tertiary/aromatic N) is 4. The number of carbonyl (C=O) groups is 1. The fourth-order valence-corrected chi connectivity index (χ4v) is 8.34. The van der Waals surface area contributed by atoms with E-state index in [1.54, 1.807) is 60.5 Å². The maximum absolute atomic E-state index is 14.4. The fraction of sp³-hybridized carbons (Fsp3) is 0.129. The van der Waals surface area contributed by atoms with E-state index in [1.807, 2.05) is 19.1 Å². The van der Waals surface area contributed by atoms with Gasteiger partial charge < -0.3 is 9.73 Å². The maximum atomic E-state index is 14.4. The van der Waals surface area contributed by atoms with Gasteiger partial charge in [0.25, 0.3) is 5.56 Å². The molecule has 0 bridgehead atoms. The second kappa shape index (κ2) is 8.62. The monoisotopic (exact) mass is 653 g/mol. The zero-order chi connectivity index (χ0) is 29.9. The first-order chi connectivity index (χ1) is 20.6. The summed E-state index contributed by atoms with van der Waals surface area (Å²) >= 11 is 4.90. The second-order valence-electron chi connectivity index (χ2n) is 10.7. The molecular weight excluding hydrogens is 634 g/mol. The van der Waals surface area contributed by atoms with E-state index in [1.165, 1.54) is 23.0 Å². The molecule has 0 radical (unpaired) electrons. The van der Waals surface area contributed by atoms with Crippen molar-refractivity contribution in [3.8, 4) is 0 Å². The number of fused-ring (bicyclic) bond motifs is 9. The van der Waals surface area contributed by atoms with E-state index in [4.69, 9.17) is 9.40 Å². The Morgan fingerprint density at radius 1 is 0.953 bits per heavy atom. The van der Waals surface area contributed by atoms with E-state index in [-0.39, 0.29) is 22.5 Å². The van der Waals surface area contributed by atoms with Crippen molar-refractivity contribution in [1.82, 2.24) is 14.1 Å². The van der Waals surface area contributed by atoms with Gasteiger partial charge in [-0.15, -0.1) is 0 Å². The van der Waals surface area contributed by atoms with Crippen LogP contribution in [0.4, 0.5) is 22.3 Å². The highest BCUT2D eigenvalue weighted by Gasteiger charge is 2.60. The number of nitrogens with one attached hydrogen (secondary N) is 1. The third-order valence-corrected chi connectivity index (χ3v) is 9.80. The van der Waals surface area contributed by atoms with Gasteiger partial charge in [-0.25, -0.2) is 14.6 Å². The van der Waals surface area contributed by atoms with Gasteiger partial charge >= 0.3 is 11.3 Å². The minimum atomic E-state index is -1.90. The number of rotatable bonds is 1. The zero-order valence-corrected chi connectivity index (χ0v) is 25.3. The third-order valence-electron chi connectivity index (χ3n) is 8.35. The van der Waals surface area contributed by atoms with Crippen LogP contribution in [-0.2, 0) is 24.3 Å². The van der Waals surface area contributed by atoms with Crippen molar-refractivity contribution in [2.45, 2.75) is 12.3 Å². The number of thiazole rings is 1. The summed E-state index contributed by atoms with van der Waals surface area (Å²) < 4.78 is 9.89. The summed E-state index contributed by atoms with van der Waals surface area (Å²) in [5.41, 5.74) is -0.880. The molecule has 5 heterocycles.